The molecule has 1 saturated heterocycles. The number of benzene rings is 1. The fourth-order valence-corrected chi connectivity index (χ4v) is 4.55. The number of carbonyl (C=O) groups excluding carboxylic acids is 2. The lowest BCUT2D eigenvalue weighted by molar-refractivity contribution is 0.0652. The first-order chi connectivity index (χ1) is 13.2. The fourth-order valence-electron chi connectivity index (χ4n) is 3.37. The number of rotatable bonds is 8. The number of amides is 2. The molecule has 2 aliphatic rings. The molecule has 0 spiro atoms. The Kier molecular flexibility index (Phi) is 7.15. The van der Waals surface area contributed by atoms with Crippen molar-refractivity contribution in [1.29, 1.82) is 0 Å². The predicted molar refractivity (Wildman–Crippen MR) is 111 cm³/mol. The van der Waals surface area contributed by atoms with Gasteiger partial charge >= 0.3 is 0 Å². The quantitative estimate of drug-likeness (QED) is 0.310. The van der Waals surface area contributed by atoms with E-state index in [0.717, 1.165) is 38.4 Å². The van der Waals surface area contributed by atoms with E-state index < -0.39 is 0 Å². The number of hydrogen-bond donors (Lipinski definition) is 2. The molecule has 6 nitrogen and oxygen atoms in total. The third-order valence-corrected chi connectivity index (χ3v) is 6.18. The van der Waals surface area contributed by atoms with E-state index >= 15 is 0 Å². The van der Waals surface area contributed by atoms with Crippen LogP contribution in [0.1, 0.15) is 53.3 Å². The smallest absolute Gasteiger partial charge is 0.261 e. The van der Waals surface area contributed by atoms with Gasteiger partial charge in [0.1, 0.15) is 0 Å². The molecule has 27 heavy (non-hydrogen) atoms. The van der Waals surface area contributed by atoms with Crippen LogP contribution < -0.4 is 10.6 Å². The summed E-state index contributed by atoms with van der Waals surface area (Å²) in [5.41, 5.74) is 1.04. The van der Waals surface area contributed by atoms with Crippen LogP contribution in [-0.4, -0.2) is 59.9 Å². The number of thioether (sulfide) groups is 1. The molecule has 0 aromatic heterocycles. The fraction of sp³-hybridized carbons (Fsp3) is 0.550. The van der Waals surface area contributed by atoms with Crippen LogP contribution in [-0.2, 0) is 0 Å². The van der Waals surface area contributed by atoms with E-state index in [9.17, 15) is 9.59 Å². The Morgan fingerprint density at radius 3 is 2.56 bits per heavy atom. The molecular weight excluding hydrogens is 360 g/mol. The lowest BCUT2D eigenvalue weighted by Crippen LogP contribution is -2.38. The highest BCUT2D eigenvalue weighted by Crippen LogP contribution is 2.26. The van der Waals surface area contributed by atoms with E-state index in [2.05, 4.69) is 22.5 Å². The van der Waals surface area contributed by atoms with Gasteiger partial charge in [0.15, 0.2) is 5.96 Å². The van der Waals surface area contributed by atoms with Crippen molar-refractivity contribution in [1.82, 2.24) is 15.5 Å². The van der Waals surface area contributed by atoms with Crippen LogP contribution in [0.2, 0.25) is 0 Å². The van der Waals surface area contributed by atoms with E-state index in [1.54, 1.807) is 24.3 Å². The molecule has 2 N–H and O–H groups in total. The van der Waals surface area contributed by atoms with E-state index in [0.29, 0.717) is 22.9 Å². The minimum atomic E-state index is -0.174. The van der Waals surface area contributed by atoms with Crippen molar-refractivity contribution in [2.24, 2.45) is 4.99 Å². The number of carbonyl (C=O) groups is 2. The zero-order chi connectivity index (χ0) is 19.1. The van der Waals surface area contributed by atoms with Crippen LogP contribution in [0.25, 0.3) is 0 Å². The average Bonchev–Trinajstić information content (AvgIpc) is 3.28. The number of guanidine groups is 1. The summed E-state index contributed by atoms with van der Waals surface area (Å²) in [6.45, 7) is 4.98. The van der Waals surface area contributed by atoms with Gasteiger partial charge in [-0.3, -0.25) is 19.5 Å². The molecule has 1 unspecified atom stereocenters. The van der Waals surface area contributed by atoms with Gasteiger partial charge in [-0.25, -0.2) is 0 Å². The van der Waals surface area contributed by atoms with Crippen molar-refractivity contribution in [2.75, 3.05) is 31.9 Å². The number of fused-ring (bicyclic) bond motifs is 1. The summed E-state index contributed by atoms with van der Waals surface area (Å²) < 4.78 is 0. The number of imide groups is 1. The second-order valence-corrected chi connectivity index (χ2v) is 8.20. The Balaban J connectivity index is 1.40. The zero-order valence-electron chi connectivity index (χ0n) is 15.9. The molecule has 0 saturated carbocycles. The van der Waals surface area contributed by atoms with Gasteiger partial charge < -0.3 is 10.6 Å². The van der Waals surface area contributed by atoms with E-state index in [4.69, 9.17) is 0 Å². The summed E-state index contributed by atoms with van der Waals surface area (Å²) in [5.74, 6) is 1.76. The molecule has 2 aliphatic heterocycles. The van der Waals surface area contributed by atoms with Crippen LogP contribution in [0, 0.1) is 0 Å². The van der Waals surface area contributed by atoms with Crippen molar-refractivity contribution < 1.29 is 9.59 Å². The summed E-state index contributed by atoms with van der Waals surface area (Å²) in [7, 11) is 0. The molecule has 0 aliphatic carbocycles. The summed E-state index contributed by atoms with van der Waals surface area (Å²) in [5, 5.41) is 7.27. The van der Waals surface area contributed by atoms with Gasteiger partial charge in [-0.15, -0.1) is 0 Å². The van der Waals surface area contributed by atoms with Crippen LogP contribution >= 0.6 is 11.8 Å². The van der Waals surface area contributed by atoms with Gasteiger partial charge in [0.25, 0.3) is 11.8 Å². The molecule has 0 bridgehead atoms. The Hall–Kier alpha value is -2.02. The minimum Gasteiger partial charge on any atom is -0.357 e. The van der Waals surface area contributed by atoms with Crippen LogP contribution in [0.15, 0.2) is 29.3 Å². The van der Waals surface area contributed by atoms with Gasteiger partial charge in [-0.2, -0.15) is 11.8 Å². The summed E-state index contributed by atoms with van der Waals surface area (Å²) in [6.07, 6.45) is 4.20. The van der Waals surface area contributed by atoms with Crippen molar-refractivity contribution in [3.8, 4) is 0 Å². The van der Waals surface area contributed by atoms with E-state index in [1.165, 1.54) is 23.5 Å². The highest BCUT2D eigenvalue weighted by Gasteiger charge is 2.34. The first-order valence-corrected chi connectivity index (χ1v) is 10.8. The van der Waals surface area contributed by atoms with Gasteiger partial charge in [0, 0.05) is 24.9 Å². The zero-order valence-corrected chi connectivity index (χ0v) is 16.7. The van der Waals surface area contributed by atoms with Crippen LogP contribution in [0.3, 0.4) is 0 Å². The molecule has 3 rings (SSSR count). The largest absolute Gasteiger partial charge is 0.357 e. The van der Waals surface area contributed by atoms with Gasteiger partial charge in [-0.1, -0.05) is 12.1 Å². The third-order valence-electron chi connectivity index (χ3n) is 4.80. The second kappa shape index (κ2) is 9.78. The first kappa shape index (κ1) is 19.7. The number of aliphatic imine (C=N–C) groups is 1. The van der Waals surface area contributed by atoms with Crippen molar-refractivity contribution >= 4 is 29.5 Å². The Bertz CT molecular complexity index is 666. The molecule has 2 amide bonds. The van der Waals surface area contributed by atoms with E-state index in [1.807, 2.05) is 11.8 Å². The molecule has 1 aromatic rings. The van der Waals surface area contributed by atoms with Crippen molar-refractivity contribution in [3.63, 3.8) is 0 Å². The molecule has 7 heteroatoms. The first-order valence-electron chi connectivity index (χ1n) is 9.79. The van der Waals surface area contributed by atoms with Gasteiger partial charge in [0.05, 0.1) is 17.7 Å². The lowest BCUT2D eigenvalue weighted by Gasteiger charge is -2.15. The monoisotopic (exact) mass is 388 g/mol. The summed E-state index contributed by atoms with van der Waals surface area (Å²) >= 11 is 2.01. The van der Waals surface area contributed by atoms with Gasteiger partial charge in [-0.05, 0) is 50.5 Å². The molecule has 1 aromatic carbocycles. The Morgan fingerprint density at radius 2 is 1.93 bits per heavy atom. The Labute approximate surface area is 165 Å². The number of unbranched alkanes of at least 4 members (excludes halogenated alkanes) is 1. The second-order valence-electron chi connectivity index (χ2n) is 6.80. The number of hydrogen-bond acceptors (Lipinski definition) is 4. The summed E-state index contributed by atoms with van der Waals surface area (Å²) in [4.78, 5) is 30.7. The Morgan fingerprint density at radius 1 is 1.19 bits per heavy atom. The highest BCUT2D eigenvalue weighted by molar-refractivity contribution is 8.00. The molecule has 2 heterocycles. The summed E-state index contributed by atoms with van der Waals surface area (Å²) in [6, 6.07) is 7.03. The normalized spacial score (nSPS) is 19.5. The van der Waals surface area contributed by atoms with Crippen LogP contribution in [0.5, 0.6) is 0 Å². The molecule has 1 atom stereocenters. The van der Waals surface area contributed by atoms with Gasteiger partial charge in [0.2, 0.25) is 0 Å². The van der Waals surface area contributed by atoms with Crippen LogP contribution in [0.4, 0.5) is 0 Å². The molecule has 0 radical (unpaired) electrons. The molecular formula is C20H28N4O2S. The molecule has 146 valence electrons. The van der Waals surface area contributed by atoms with Crippen molar-refractivity contribution in [2.45, 2.75) is 37.9 Å². The molecule has 1 fully saturated rings. The SMILES string of the molecule is CCNC(=NCC1CCCS1)NCCCCN1C(=O)c2ccccc2C1=O. The minimum absolute atomic E-state index is 0.174. The maximum Gasteiger partial charge on any atom is 0.261 e. The number of nitrogens with one attached hydrogen (secondary N) is 2. The van der Waals surface area contributed by atoms with E-state index in [-0.39, 0.29) is 11.8 Å². The number of nitrogens with zero attached hydrogens (tertiary/aromatic N) is 2. The predicted octanol–water partition coefficient (Wildman–Crippen LogP) is 2.51. The third kappa shape index (κ3) is 5.03. The highest BCUT2D eigenvalue weighted by atomic mass is 32.2. The maximum atomic E-state index is 12.3. The standard InChI is InChI=1S/C20H28N4O2S/c1-2-21-20(23-14-15-8-7-13-27-15)22-11-5-6-12-24-18(25)16-9-3-4-10-17(16)19(24)26/h3-4,9-10,15H,2,5-8,11-14H2,1H3,(H2,21,22,23). The topological polar surface area (TPSA) is 73.8 Å². The maximum absolute atomic E-state index is 12.3. The lowest BCUT2D eigenvalue weighted by atomic mass is 10.1. The van der Waals surface area contributed by atoms with Crippen molar-refractivity contribution in [3.05, 3.63) is 35.4 Å². The average molecular weight is 389 g/mol.